The van der Waals surface area contributed by atoms with Gasteiger partial charge in [0.25, 0.3) is 0 Å². The van der Waals surface area contributed by atoms with Crippen LogP contribution in [0, 0.1) is 5.82 Å². The van der Waals surface area contributed by atoms with Crippen LogP contribution in [0.1, 0.15) is 18.6 Å². The topological polar surface area (TPSA) is 35.2 Å². The molecule has 0 saturated carbocycles. The number of ether oxygens (including phenoxy) is 1. The Labute approximate surface area is 117 Å². The summed E-state index contributed by atoms with van der Waals surface area (Å²) < 4.78 is 18.7. The van der Waals surface area contributed by atoms with Gasteiger partial charge in [-0.15, -0.1) is 0 Å². The van der Waals surface area contributed by atoms with Crippen molar-refractivity contribution in [3.8, 4) is 5.75 Å². The van der Waals surface area contributed by atoms with Gasteiger partial charge in [0, 0.05) is 11.1 Å². The Morgan fingerprint density at radius 1 is 1.16 bits per heavy atom. The minimum atomic E-state index is -0.329. The van der Waals surface area contributed by atoms with Crippen LogP contribution >= 0.6 is 11.6 Å². The SMILES string of the molecule is CC(N)C(Oc1ccc(F)cc1)c1cccc(Cl)c1. The maximum atomic E-state index is 12.9. The zero-order valence-electron chi connectivity index (χ0n) is 10.5. The molecule has 2 atom stereocenters. The predicted molar refractivity (Wildman–Crippen MR) is 74.9 cm³/mol. The number of hydrogen-bond acceptors (Lipinski definition) is 2. The highest BCUT2D eigenvalue weighted by Gasteiger charge is 2.18. The smallest absolute Gasteiger partial charge is 0.138 e. The monoisotopic (exact) mass is 279 g/mol. The molecule has 0 aliphatic carbocycles. The summed E-state index contributed by atoms with van der Waals surface area (Å²) in [5.41, 5.74) is 6.85. The Morgan fingerprint density at radius 2 is 1.84 bits per heavy atom. The van der Waals surface area contributed by atoms with Crippen molar-refractivity contribution in [3.63, 3.8) is 0 Å². The van der Waals surface area contributed by atoms with Gasteiger partial charge >= 0.3 is 0 Å². The van der Waals surface area contributed by atoms with E-state index in [1.165, 1.54) is 12.1 Å². The Kier molecular flexibility index (Phi) is 4.40. The van der Waals surface area contributed by atoms with Gasteiger partial charge in [-0.3, -0.25) is 0 Å². The average Bonchev–Trinajstić information content (AvgIpc) is 2.37. The van der Waals surface area contributed by atoms with Crippen LogP contribution in [0.15, 0.2) is 48.5 Å². The molecule has 4 heteroatoms. The standard InChI is InChI=1S/C15H15ClFNO/c1-10(18)15(11-3-2-4-12(16)9-11)19-14-7-5-13(17)6-8-14/h2-10,15H,18H2,1H3. The van der Waals surface area contributed by atoms with Gasteiger partial charge in [0.1, 0.15) is 17.7 Å². The molecular formula is C15H15ClFNO. The van der Waals surface area contributed by atoms with E-state index in [0.717, 1.165) is 5.56 Å². The quantitative estimate of drug-likeness (QED) is 0.920. The minimum Gasteiger partial charge on any atom is -0.484 e. The van der Waals surface area contributed by atoms with E-state index in [0.29, 0.717) is 10.8 Å². The minimum absolute atomic E-state index is 0.219. The van der Waals surface area contributed by atoms with E-state index >= 15 is 0 Å². The van der Waals surface area contributed by atoms with E-state index in [-0.39, 0.29) is 18.0 Å². The van der Waals surface area contributed by atoms with Gasteiger partial charge in [0.15, 0.2) is 0 Å². The summed E-state index contributed by atoms with van der Waals surface area (Å²) >= 11 is 5.97. The first-order valence-corrected chi connectivity index (χ1v) is 6.37. The molecule has 0 saturated heterocycles. The third kappa shape index (κ3) is 3.69. The lowest BCUT2D eigenvalue weighted by Crippen LogP contribution is -2.29. The fraction of sp³-hybridized carbons (Fsp3) is 0.200. The van der Waals surface area contributed by atoms with E-state index < -0.39 is 0 Å². The molecule has 0 aromatic heterocycles. The van der Waals surface area contributed by atoms with Crippen LogP contribution in [0.2, 0.25) is 5.02 Å². The fourth-order valence-electron chi connectivity index (χ4n) is 1.82. The van der Waals surface area contributed by atoms with Crippen molar-refractivity contribution in [1.29, 1.82) is 0 Å². The van der Waals surface area contributed by atoms with Crippen LogP contribution in [0.4, 0.5) is 4.39 Å². The average molecular weight is 280 g/mol. The maximum absolute atomic E-state index is 12.9. The second-order valence-electron chi connectivity index (χ2n) is 4.41. The zero-order chi connectivity index (χ0) is 13.8. The van der Waals surface area contributed by atoms with Crippen LogP contribution < -0.4 is 10.5 Å². The molecule has 2 unspecified atom stereocenters. The van der Waals surface area contributed by atoms with Crippen molar-refractivity contribution in [2.24, 2.45) is 5.73 Å². The summed E-state index contributed by atoms with van der Waals surface area (Å²) in [6.07, 6.45) is -0.329. The number of halogens is 2. The third-order valence-corrected chi connectivity index (χ3v) is 2.97. The first-order valence-electron chi connectivity index (χ1n) is 5.99. The summed E-state index contributed by atoms with van der Waals surface area (Å²) in [6.45, 7) is 1.86. The van der Waals surface area contributed by atoms with Gasteiger partial charge in [-0.1, -0.05) is 23.7 Å². The Morgan fingerprint density at radius 3 is 2.42 bits per heavy atom. The number of nitrogens with two attached hydrogens (primary N) is 1. The van der Waals surface area contributed by atoms with Crippen molar-refractivity contribution < 1.29 is 9.13 Å². The highest BCUT2D eigenvalue weighted by atomic mass is 35.5. The Hall–Kier alpha value is -1.58. The molecule has 0 aliphatic rings. The summed E-state index contributed by atoms with van der Waals surface area (Å²) in [6, 6.07) is 13.0. The Bertz CT molecular complexity index is 542. The van der Waals surface area contributed by atoms with Gasteiger partial charge in [0.2, 0.25) is 0 Å². The van der Waals surface area contributed by atoms with Gasteiger partial charge in [-0.25, -0.2) is 4.39 Å². The highest BCUT2D eigenvalue weighted by Crippen LogP contribution is 2.26. The van der Waals surface area contributed by atoms with E-state index in [4.69, 9.17) is 22.1 Å². The molecular weight excluding hydrogens is 265 g/mol. The van der Waals surface area contributed by atoms with E-state index in [2.05, 4.69) is 0 Å². The molecule has 2 aromatic rings. The molecule has 2 aromatic carbocycles. The molecule has 100 valence electrons. The second-order valence-corrected chi connectivity index (χ2v) is 4.84. The van der Waals surface area contributed by atoms with Crippen LogP contribution in [-0.2, 0) is 0 Å². The van der Waals surface area contributed by atoms with E-state index in [9.17, 15) is 4.39 Å². The van der Waals surface area contributed by atoms with Crippen LogP contribution in [0.3, 0.4) is 0 Å². The maximum Gasteiger partial charge on any atom is 0.138 e. The molecule has 0 heterocycles. The van der Waals surface area contributed by atoms with E-state index in [1.807, 2.05) is 25.1 Å². The van der Waals surface area contributed by atoms with E-state index in [1.54, 1.807) is 18.2 Å². The van der Waals surface area contributed by atoms with Gasteiger partial charge in [-0.2, -0.15) is 0 Å². The van der Waals surface area contributed by atoms with Gasteiger partial charge in [-0.05, 0) is 48.9 Å². The number of hydrogen-bond donors (Lipinski definition) is 1. The van der Waals surface area contributed by atoms with Gasteiger partial charge < -0.3 is 10.5 Å². The first kappa shape index (κ1) is 13.8. The molecule has 2 rings (SSSR count). The lowest BCUT2D eigenvalue weighted by molar-refractivity contribution is 0.180. The normalized spacial score (nSPS) is 13.9. The molecule has 2 N–H and O–H groups in total. The molecule has 19 heavy (non-hydrogen) atoms. The Balaban J connectivity index is 2.23. The van der Waals surface area contributed by atoms with Crippen LogP contribution in [-0.4, -0.2) is 6.04 Å². The molecule has 0 bridgehead atoms. The first-order chi connectivity index (χ1) is 9.06. The van der Waals surface area contributed by atoms with Crippen molar-refractivity contribution in [3.05, 3.63) is 64.9 Å². The highest BCUT2D eigenvalue weighted by molar-refractivity contribution is 6.30. The van der Waals surface area contributed by atoms with Crippen molar-refractivity contribution in [1.82, 2.24) is 0 Å². The molecule has 0 fully saturated rings. The van der Waals surface area contributed by atoms with Gasteiger partial charge in [0.05, 0.1) is 0 Å². The molecule has 2 nitrogen and oxygen atoms in total. The van der Waals surface area contributed by atoms with Crippen LogP contribution in [0.25, 0.3) is 0 Å². The largest absolute Gasteiger partial charge is 0.484 e. The molecule has 0 radical (unpaired) electrons. The van der Waals surface area contributed by atoms with Crippen molar-refractivity contribution in [2.45, 2.75) is 19.1 Å². The number of benzene rings is 2. The van der Waals surface area contributed by atoms with Crippen molar-refractivity contribution >= 4 is 11.6 Å². The molecule has 0 spiro atoms. The number of rotatable bonds is 4. The molecule has 0 amide bonds. The predicted octanol–water partition coefficient (Wildman–Crippen LogP) is 3.95. The lowest BCUT2D eigenvalue weighted by Gasteiger charge is -2.23. The summed E-state index contributed by atoms with van der Waals surface area (Å²) in [4.78, 5) is 0. The van der Waals surface area contributed by atoms with Crippen molar-refractivity contribution in [2.75, 3.05) is 0 Å². The zero-order valence-corrected chi connectivity index (χ0v) is 11.3. The fourth-order valence-corrected chi connectivity index (χ4v) is 2.02. The van der Waals surface area contributed by atoms with Crippen LogP contribution in [0.5, 0.6) is 5.75 Å². The summed E-state index contributed by atoms with van der Waals surface area (Å²) in [5.74, 6) is 0.274. The summed E-state index contributed by atoms with van der Waals surface area (Å²) in [5, 5.41) is 0.630. The third-order valence-electron chi connectivity index (χ3n) is 2.73. The lowest BCUT2D eigenvalue weighted by atomic mass is 10.0. The molecule has 0 aliphatic heterocycles. The second kappa shape index (κ2) is 6.04. The summed E-state index contributed by atoms with van der Waals surface area (Å²) in [7, 11) is 0.